The van der Waals surface area contributed by atoms with Crippen LogP contribution in [0.5, 0.6) is 5.75 Å². The molecule has 0 aliphatic heterocycles. The average Bonchev–Trinajstić information content (AvgIpc) is 3.19. The molecule has 0 spiro atoms. The number of H-pyrrole nitrogens is 1. The normalized spacial score (nSPS) is 11.3. The Bertz CT molecular complexity index is 997. The van der Waals surface area contributed by atoms with E-state index in [1.54, 1.807) is 23.0 Å². The topological polar surface area (TPSA) is 78.2 Å². The molecule has 0 atom stereocenters. The van der Waals surface area contributed by atoms with Crippen molar-refractivity contribution in [3.05, 3.63) is 60.4 Å². The van der Waals surface area contributed by atoms with Crippen LogP contribution in [0.15, 0.2) is 54.9 Å². The molecule has 25 heavy (non-hydrogen) atoms. The van der Waals surface area contributed by atoms with Gasteiger partial charge in [-0.25, -0.2) is 14.5 Å². The number of aromatic amines is 1. The van der Waals surface area contributed by atoms with Crippen molar-refractivity contribution in [3.8, 4) is 17.0 Å². The fraction of sp³-hybridized carbons (Fsp3) is 0.158. The molecular formula is C19H19N5O. The fourth-order valence-electron chi connectivity index (χ4n) is 2.79. The number of imidazole rings is 1. The Kier molecular flexibility index (Phi) is 3.65. The van der Waals surface area contributed by atoms with Crippen LogP contribution in [-0.4, -0.2) is 24.7 Å². The number of benzene rings is 2. The van der Waals surface area contributed by atoms with Crippen molar-refractivity contribution in [3.63, 3.8) is 0 Å². The number of rotatable bonds is 4. The maximum Gasteiger partial charge on any atom is 0.252 e. The van der Waals surface area contributed by atoms with E-state index in [1.165, 1.54) is 5.56 Å². The molecule has 6 heteroatoms. The lowest BCUT2D eigenvalue weighted by atomic mass is 10.0. The van der Waals surface area contributed by atoms with Crippen LogP contribution < -0.4 is 5.32 Å². The fourth-order valence-corrected chi connectivity index (χ4v) is 2.79. The number of aromatic nitrogens is 4. The van der Waals surface area contributed by atoms with Crippen LogP contribution in [0, 0.1) is 0 Å². The zero-order valence-corrected chi connectivity index (χ0v) is 14.1. The number of fused-ring (bicyclic) bond motifs is 1. The summed E-state index contributed by atoms with van der Waals surface area (Å²) in [5.74, 6) is 2.11. The molecule has 0 amide bonds. The Labute approximate surface area is 145 Å². The third-order valence-electron chi connectivity index (χ3n) is 4.21. The van der Waals surface area contributed by atoms with Gasteiger partial charge in [0.25, 0.3) is 5.78 Å². The van der Waals surface area contributed by atoms with Gasteiger partial charge in [0.05, 0.1) is 0 Å². The van der Waals surface area contributed by atoms with Crippen LogP contribution in [0.25, 0.3) is 17.0 Å². The van der Waals surface area contributed by atoms with Crippen LogP contribution in [-0.2, 0) is 0 Å². The summed E-state index contributed by atoms with van der Waals surface area (Å²) >= 11 is 0. The van der Waals surface area contributed by atoms with Crippen molar-refractivity contribution in [2.24, 2.45) is 0 Å². The molecule has 0 aliphatic rings. The van der Waals surface area contributed by atoms with E-state index in [4.69, 9.17) is 0 Å². The Balaban J connectivity index is 1.76. The summed E-state index contributed by atoms with van der Waals surface area (Å²) in [6.45, 7) is 4.35. The Morgan fingerprint density at radius 1 is 1.04 bits per heavy atom. The number of aromatic hydroxyl groups is 1. The van der Waals surface area contributed by atoms with Gasteiger partial charge in [-0.15, -0.1) is 0 Å². The predicted molar refractivity (Wildman–Crippen MR) is 98.3 cm³/mol. The molecule has 0 fully saturated rings. The Morgan fingerprint density at radius 3 is 2.44 bits per heavy atom. The summed E-state index contributed by atoms with van der Waals surface area (Å²) in [4.78, 5) is 8.82. The number of hydrogen-bond acceptors (Lipinski definition) is 4. The maximum absolute atomic E-state index is 9.52. The summed E-state index contributed by atoms with van der Waals surface area (Å²) in [5.41, 5.74) is 3.94. The minimum atomic E-state index is 0.227. The molecule has 0 aliphatic carbocycles. The van der Waals surface area contributed by atoms with E-state index in [9.17, 15) is 5.11 Å². The molecule has 0 radical (unpaired) electrons. The molecule has 6 nitrogen and oxygen atoms in total. The molecule has 0 unspecified atom stereocenters. The van der Waals surface area contributed by atoms with Gasteiger partial charge in [-0.05, 0) is 47.9 Å². The molecule has 2 aromatic carbocycles. The van der Waals surface area contributed by atoms with E-state index < -0.39 is 0 Å². The largest absolute Gasteiger partial charge is 0.508 e. The standard InChI is InChI=1S/C19H19N5O/c1-12(2)13-3-7-15(8-4-13)22-18-17(14-5-9-16(25)10-6-14)23-19-20-11-21-24(18)19/h3-12,22,25H,1-2H3,(H,20,21,23). The molecule has 0 saturated carbocycles. The van der Waals surface area contributed by atoms with Gasteiger partial charge in [0, 0.05) is 11.3 Å². The molecule has 126 valence electrons. The minimum absolute atomic E-state index is 0.227. The molecule has 4 aromatic rings. The maximum atomic E-state index is 9.52. The summed E-state index contributed by atoms with van der Waals surface area (Å²) in [5, 5.41) is 16.0. The van der Waals surface area contributed by atoms with Crippen molar-refractivity contribution >= 4 is 17.3 Å². The number of hydrogen-bond donors (Lipinski definition) is 3. The van der Waals surface area contributed by atoms with E-state index in [0.717, 1.165) is 22.8 Å². The molecule has 4 rings (SSSR count). The Morgan fingerprint density at radius 2 is 1.76 bits per heavy atom. The highest BCUT2D eigenvalue weighted by Gasteiger charge is 2.16. The van der Waals surface area contributed by atoms with Gasteiger partial charge >= 0.3 is 0 Å². The zero-order valence-electron chi connectivity index (χ0n) is 14.1. The number of anilines is 2. The van der Waals surface area contributed by atoms with Crippen molar-refractivity contribution < 1.29 is 5.11 Å². The van der Waals surface area contributed by atoms with Gasteiger partial charge in [-0.1, -0.05) is 26.0 Å². The second-order valence-electron chi connectivity index (χ2n) is 6.28. The van der Waals surface area contributed by atoms with Crippen LogP contribution in [0.3, 0.4) is 0 Å². The van der Waals surface area contributed by atoms with Crippen LogP contribution in [0.4, 0.5) is 11.5 Å². The second kappa shape index (κ2) is 5.98. The minimum Gasteiger partial charge on any atom is -0.508 e. The first kappa shape index (κ1) is 15.3. The van der Waals surface area contributed by atoms with E-state index in [0.29, 0.717) is 11.7 Å². The average molecular weight is 333 g/mol. The highest BCUT2D eigenvalue weighted by atomic mass is 16.3. The van der Waals surface area contributed by atoms with Crippen LogP contribution >= 0.6 is 0 Å². The smallest absolute Gasteiger partial charge is 0.252 e. The first-order valence-electron chi connectivity index (χ1n) is 8.20. The van der Waals surface area contributed by atoms with Gasteiger partial charge in [0.1, 0.15) is 17.8 Å². The third kappa shape index (κ3) is 2.82. The van der Waals surface area contributed by atoms with E-state index in [1.807, 2.05) is 12.1 Å². The lowest BCUT2D eigenvalue weighted by Gasteiger charge is -2.10. The van der Waals surface area contributed by atoms with Gasteiger partial charge in [0.15, 0.2) is 5.82 Å². The molecule has 2 heterocycles. The van der Waals surface area contributed by atoms with Crippen molar-refractivity contribution in [1.29, 1.82) is 0 Å². The van der Waals surface area contributed by atoms with Crippen molar-refractivity contribution in [2.45, 2.75) is 19.8 Å². The molecule has 3 N–H and O–H groups in total. The van der Waals surface area contributed by atoms with E-state index in [2.05, 4.69) is 58.5 Å². The molecule has 2 aromatic heterocycles. The Hall–Kier alpha value is -3.28. The number of nitrogens with zero attached hydrogens (tertiary/aromatic N) is 3. The van der Waals surface area contributed by atoms with Crippen LogP contribution in [0.1, 0.15) is 25.3 Å². The molecule has 0 bridgehead atoms. The lowest BCUT2D eigenvalue weighted by molar-refractivity contribution is 0.475. The number of phenolic OH excluding ortho intramolecular Hbond substituents is 1. The zero-order chi connectivity index (χ0) is 17.4. The third-order valence-corrected chi connectivity index (χ3v) is 4.21. The van der Waals surface area contributed by atoms with Gasteiger partial charge in [-0.3, -0.25) is 5.10 Å². The van der Waals surface area contributed by atoms with E-state index >= 15 is 0 Å². The summed E-state index contributed by atoms with van der Waals surface area (Å²) in [7, 11) is 0. The first-order valence-corrected chi connectivity index (χ1v) is 8.20. The van der Waals surface area contributed by atoms with E-state index in [-0.39, 0.29) is 5.75 Å². The van der Waals surface area contributed by atoms with Gasteiger partial charge in [-0.2, -0.15) is 0 Å². The SMILES string of the molecule is CC(C)c1ccc(Nc2c(-c3ccc(O)cc3)nc3nc[nH]n23)cc1. The second-order valence-corrected chi connectivity index (χ2v) is 6.28. The van der Waals surface area contributed by atoms with Crippen molar-refractivity contribution in [1.82, 2.24) is 19.6 Å². The highest BCUT2D eigenvalue weighted by molar-refractivity contribution is 5.78. The predicted octanol–water partition coefficient (Wildman–Crippen LogP) is 4.30. The summed E-state index contributed by atoms with van der Waals surface area (Å²) in [6, 6.07) is 15.3. The monoisotopic (exact) mass is 333 g/mol. The van der Waals surface area contributed by atoms with Gasteiger partial charge in [0.2, 0.25) is 0 Å². The first-order chi connectivity index (χ1) is 12.1. The molecule has 0 saturated heterocycles. The van der Waals surface area contributed by atoms with Crippen molar-refractivity contribution in [2.75, 3.05) is 5.32 Å². The lowest BCUT2D eigenvalue weighted by Crippen LogP contribution is -1.98. The number of phenols is 1. The molecular weight excluding hydrogens is 314 g/mol. The van der Waals surface area contributed by atoms with Gasteiger partial charge < -0.3 is 10.4 Å². The summed E-state index contributed by atoms with van der Waals surface area (Å²) in [6.07, 6.45) is 1.61. The quantitative estimate of drug-likeness (QED) is 0.520. The highest BCUT2D eigenvalue weighted by Crippen LogP contribution is 2.31. The number of nitrogens with one attached hydrogen (secondary N) is 2. The van der Waals surface area contributed by atoms with Crippen LogP contribution in [0.2, 0.25) is 0 Å². The summed E-state index contributed by atoms with van der Waals surface area (Å²) < 4.78 is 1.80.